The number of amides is 2. The van der Waals surface area contributed by atoms with Gasteiger partial charge in [0.15, 0.2) is 0 Å². The number of halogens is 1. The molecular formula is C25H28BrN2O3S+. The highest BCUT2D eigenvalue weighted by molar-refractivity contribution is 9.10. The summed E-state index contributed by atoms with van der Waals surface area (Å²) in [6.07, 6.45) is 14.1. The number of nitrogens with one attached hydrogen (secondary N) is 1. The van der Waals surface area contributed by atoms with E-state index in [0.717, 1.165) is 53.1 Å². The Balaban J connectivity index is 1.56. The van der Waals surface area contributed by atoms with Crippen molar-refractivity contribution in [2.45, 2.75) is 43.9 Å². The van der Waals surface area contributed by atoms with Crippen molar-refractivity contribution in [2.75, 3.05) is 13.7 Å². The average Bonchev–Trinajstić information content (AvgIpc) is 2.78. The lowest BCUT2D eigenvalue weighted by Crippen LogP contribution is -2.46. The Morgan fingerprint density at radius 3 is 2.78 bits per heavy atom. The monoisotopic (exact) mass is 515 g/mol. The van der Waals surface area contributed by atoms with Crippen molar-refractivity contribution in [2.24, 2.45) is 5.92 Å². The van der Waals surface area contributed by atoms with Crippen LogP contribution in [0.1, 0.15) is 38.2 Å². The number of ether oxygens (including phenoxy) is 1. The van der Waals surface area contributed by atoms with Gasteiger partial charge in [0.05, 0.1) is 11.6 Å². The molecule has 2 amide bonds. The van der Waals surface area contributed by atoms with Gasteiger partial charge in [0.2, 0.25) is 12.3 Å². The van der Waals surface area contributed by atoms with Gasteiger partial charge in [-0.15, -0.1) is 4.58 Å². The van der Waals surface area contributed by atoms with Gasteiger partial charge in [-0.3, -0.25) is 4.79 Å². The summed E-state index contributed by atoms with van der Waals surface area (Å²) in [7, 11) is 1.62. The van der Waals surface area contributed by atoms with Gasteiger partial charge in [0.25, 0.3) is 5.91 Å². The number of fused-ring (bicyclic) bond motifs is 1. The maximum absolute atomic E-state index is 13.4. The number of carbonyl (C=O) groups is 2. The fourth-order valence-corrected chi connectivity index (χ4v) is 6.04. The van der Waals surface area contributed by atoms with Crippen molar-refractivity contribution < 1.29 is 18.9 Å². The summed E-state index contributed by atoms with van der Waals surface area (Å²) in [6, 6.07) is 5.92. The molecule has 1 aromatic carbocycles. The van der Waals surface area contributed by atoms with Crippen molar-refractivity contribution in [3.8, 4) is 5.75 Å². The molecule has 0 saturated heterocycles. The van der Waals surface area contributed by atoms with Crippen molar-refractivity contribution in [3.05, 3.63) is 57.4 Å². The lowest BCUT2D eigenvalue weighted by Gasteiger charge is -2.27. The Hall–Kier alpha value is -2.12. The lowest BCUT2D eigenvalue weighted by molar-refractivity contribution is -0.434. The molecule has 1 atom stereocenters. The van der Waals surface area contributed by atoms with E-state index in [1.165, 1.54) is 11.8 Å². The van der Waals surface area contributed by atoms with Crippen molar-refractivity contribution in [3.63, 3.8) is 0 Å². The molecule has 5 nitrogen and oxygen atoms in total. The van der Waals surface area contributed by atoms with Crippen LogP contribution in [0.3, 0.4) is 0 Å². The molecule has 1 aliphatic heterocycles. The third-order valence-electron chi connectivity index (χ3n) is 6.13. The molecule has 1 saturated carbocycles. The highest BCUT2D eigenvalue weighted by Gasteiger charge is 2.40. The van der Waals surface area contributed by atoms with Gasteiger partial charge in [-0.1, -0.05) is 43.0 Å². The second-order valence-corrected chi connectivity index (χ2v) is 10.6. The van der Waals surface area contributed by atoms with E-state index < -0.39 is 0 Å². The summed E-state index contributed by atoms with van der Waals surface area (Å²) in [5, 5.41) is 3.16. The summed E-state index contributed by atoms with van der Waals surface area (Å²) in [5.41, 5.74) is 1.76. The summed E-state index contributed by atoms with van der Waals surface area (Å²) >= 11 is 5.02. The van der Waals surface area contributed by atoms with E-state index in [-0.39, 0.29) is 29.7 Å². The standard InChI is InChI=1S/C25H27BrN2O3S/c1-16-7-10-18(11-8-16)27-24(29)15-28-20-5-3-4-6-22(20)32-23(25(28)30)14-17-9-12-21(31-2)19(26)13-17/h3-6,9,12-14,16,18,22H,7-8,10-11,15H2,1-2H3/p+1/b23-14+. The number of carbonyl (C=O) groups excluding carboxylic acids is 2. The van der Waals surface area contributed by atoms with Crippen LogP contribution in [0.4, 0.5) is 0 Å². The molecule has 1 unspecified atom stereocenters. The SMILES string of the molecule is COc1ccc(/C=C2/SC3C=CC=CC3=[N+](CC(=O)NC3CCC(C)CC3)C2=O)cc1Br. The highest BCUT2D eigenvalue weighted by Crippen LogP contribution is 2.34. The van der Waals surface area contributed by atoms with Crippen molar-refractivity contribution >= 4 is 51.3 Å². The number of benzene rings is 1. The average molecular weight is 516 g/mol. The zero-order valence-electron chi connectivity index (χ0n) is 18.3. The number of methoxy groups -OCH3 is 1. The molecule has 1 N–H and O–H groups in total. The Labute approximate surface area is 201 Å². The zero-order valence-corrected chi connectivity index (χ0v) is 20.7. The van der Waals surface area contributed by atoms with Crippen LogP contribution in [0.5, 0.6) is 5.75 Å². The third kappa shape index (κ3) is 5.26. The van der Waals surface area contributed by atoms with Gasteiger partial charge >= 0.3 is 5.91 Å². The minimum atomic E-state index is -0.138. The van der Waals surface area contributed by atoms with E-state index in [4.69, 9.17) is 4.74 Å². The molecule has 0 bridgehead atoms. The quantitative estimate of drug-likeness (QED) is 0.455. The molecule has 1 aromatic rings. The predicted octanol–water partition coefficient (Wildman–Crippen LogP) is 4.72. The fourth-order valence-electron chi connectivity index (χ4n) is 4.30. The lowest BCUT2D eigenvalue weighted by atomic mass is 9.87. The molecule has 1 heterocycles. The normalized spacial score (nSPS) is 26.3. The molecule has 1 fully saturated rings. The second-order valence-electron chi connectivity index (χ2n) is 8.53. The van der Waals surface area contributed by atoms with Crippen molar-refractivity contribution in [1.82, 2.24) is 5.32 Å². The maximum Gasteiger partial charge on any atom is 0.426 e. The number of rotatable bonds is 5. The van der Waals surface area contributed by atoms with E-state index in [2.05, 4.69) is 34.2 Å². The van der Waals surface area contributed by atoms with E-state index in [1.54, 1.807) is 11.7 Å². The van der Waals surface area contributed by atoms with E-state index in [0.29, 0.717) is 4.91 Å². The number of nitrogens with zero attached hydrogens (tertiary/aromatic N) is 1. The first-order chi connectivity index (χ1) is 15.4. The molecule has 3 aliphatic rings. The van der Waals surface area contributed by atoms with Crippen LogP contribution < -0.4 is 10.1 Å². The van der Waals surface area contributed by atoms with Gasteiger partial charge in [-0.25, -0.2) is 4.79 Å². The minimum Gasteiger partial charge on any atom is -0.496 e. The first kappa shape index (κ1) is 23.1. The van der Waals surface area contributed by atoms with E-state index >= 15 is 0 Å². The largest absolute Gasteiger partial charge is 0.496 e. The summed E-state index contributed by atoms with van der Waals surface area (Å²) in [5.74, 6) is 1.23. The summed E-state index contributed by atoms with van der Waals surface area (Å²) < 4.78 is 7.76. The van der Waals surface area contributed by atoms with Crippen LogP contribution in [-0.2, 0) is 9.59 Å². The van der Waals surface area contributed by atoms with Crippen molar-refractivity contribution in [1.29, 1.82) is 0 Å². The maximum atomic E-state index is 13.4. The van der Waals surface area contributed by atoms with E-state index in [9.17, 15) is 9.59 Å². The second kappa shape index (κ2) is 10.2. The van der Waals surface area contributed by atoms with E-state index in [1.807, 2.05) is 42.5 Å². The number of hydrogen-bond donors (Lipinski definition) is 1. The van der Waals surface area contributed by atoms with Crippen LogP contribution >= 0.6 is 27.7 Å². The molecule has 0 radical (unpaired) electrons. The van der Waals surface area contributed by atoms with Gasteiger partial charge < -0.3 is 10.1 Å². The molecule has 32 heavy (non-hydrogen) atoms. The predicted molar refractivity (Wildman–Crippen MR) is 133 cm³/mol. The Bertz CT molecular complexity index is 1040. The number of allylic oxidation sites excluding steroid dienone is 3. The number of thioether (sulfide) groups is 1. The molecule has 7 heteroatoms. The number of hydrogen-bond acceptors (Lipinski definition) is 4. The topological polar surface area (TPSA) is 58.4 Å². The highest BCUT2D eigenvalue weighted by atomic mass is 79.9. The molecule has 2 aliphatic carbocycles. The van der Waals surface area contributed by atoms with Crippen LogP contribution in [0.25, 0.3) is 6.08 Å². The van der Waals surface area contributed by atoms with Crippen LogP contribution in [-0.4, -0.2) is 47.0 Å². The van der Waals surface area contributed by atoms with Gasteiger partial charge in [0, 0.05) is 12.1 Å². The summed E-state index contributed by atoms with van der Waals surface area (Å²) in [4.78, 5) is 26.9. The Kier molecular flexibility index (Phi) is 7.36. The smallest absolute Gasteiger partial charge is 0.426 e. The van der Waals surface area contributed by atoms with Crippen LogP contribution in [0, 0.1) is 5.92 Å². The molecular weight excluding hydrogens is 488 g/mol. The first-order valence-corrected chi connectivity index (χ1v) is 12.7. The van der Waals surface area contributed by atoms with Gasteiger partial charge in [0.1, 0.15) is 15.9 Å². The molecule has 168 valence electrons. The van der Waals surface area contributed by atoms with Gasteiger partial charge in [-0.2, -0.15) is 0 Å². The molecule has 4 rings (SSSR count). The van der Waals surface area contributed by atoms with Gasteiger partial charge in [-0.05, 0) is 71.3 Å². The van der Waals surface area contributed by atoms with Crippen LogP contribution in [0.2, 0.25) is 0 Å². The molecule has 0 aromatic heterocycles. The fraction of sp³-hybridized carbons (Fsp3) is 0.400. The Morgan fingerprint density at radius 1 is 1.28 bits per heavy atom. The summed E-state index contributed by atoms with van der Waals surface area (Å²) in [6.45, 7) is 2.30. The first-order valence-electron chi connectivity index (χ1n) is 11.0. The minimum absolute atomic E-state index is 0.00830. The zero-order chi connectivity index (χ0) is 22.7. The molecule has 0 spiro atoms. The third-order valence-corrected chi connectivity index (χ3v) is 7.95. The Morgan fingerprint density at radius 2 is 2.06 bits per heavy atom. The van der Waals surface area contributed by atoms with Crippen LogP contribution in [0.15, 0.2) is 51.9 Å².